The summed E-state index contributed by atoms with van der Waals surface area (Å²) in [6.45, 7) is 28.3. The van der Waals surface area contributed by atoms with Crippen LogP contribution in [0.3, 0.4) is 0 Å². The van der Waals surface area contributed by atoms with E-state index in [4.69, 9.17) is 9.47 Å². The molecule has 0 aliphatic heterocycles. The number of hydrogen-bond acceptors (Lipinski definition) is 8. The molecule has 2 aromatic carbocycles. The van der Waals surface area contributed by atoms with E-state index in [9.17, 15) is 29.1 Å². The van der Waals surface area contributed by atoms with E-state index in [0.717, 1.165) is 11.1 Å². The summed E-state index contributed by atoms with van der Waals surface area (Å²) < 4.78 is 11.4. The van der Waals surface area contributed by atoms with Crippen molar-refractivity contribution in [2.24, 2.45) is 71.0 Å². The van der Waals surface area contributed by atoms with E-state index in [0.29, 0.717) is 44.7 Å². The lowest BCUT2D eigenvalue weighted by molar-refractivity contribution is -0.163. The summed E-state index contributed by atoms with van der Waals surface area (Å²) in [5.74, 6) is -2.77. The number of aliphatic hydroxyl groups is 1. The predicted octanol–water partition coefficient (Wildman–Crippen LogP) is 9.36. The fourth-order valence-corrected chi connectivity index (χ4v) is 9.80. The van der Waals surface area contributed by atoms with E-state index < -0.39 is 46.9 Å². The standard InChI is InChI=1S/C26H41NO4.C26H39NO4/c2*1-16(2)13-21(28)23-19(24(29)27-15-18-11-9-8-10-12-18)14-20(22(23)17(3)4)25(30)31-26(5,6)7/h8-12,16-17,19-23,28H,13-15H2,1-7H3,(H,27,29);8-12,16-17,19-20,22-23H,13-15H2,1-7H3,(H,27,29)/t19?,20?,21-,22+,23?;19?,20?,22-,23?/m10/s1. The van der Waals surface area contributed by atoms with Crippen molar-refractivity contribution in [1.82, 2.24) is 10.6 Å². The van der Waals surface area contributed by atoms with Crippen molar-refractivity contribution in [3.05, 3.63) is 71.8 Å². The van der Waals surface area contributed by atoms with Gasteiger partial charge in [-0.1, -0.05) is 116 Å². The number of nitrogens with one attached hydrogen (secondary N) is 2. The number of ketones is 1. The Morgan fingerprint density at radius 3 is 1.37 bits per heavy atom. The molecule has 4 rings (SSSR count). The number of benzene rings is 2. The second-order valence-corrected chi connectivity index (χ2v) is 21.4. The molecule has 0 heterocycles. The molecule has 2 saturated carbocycles. The molecule has 2 aliphatic carbocycles. The highest BCUT2D eigenvalue weighted by molar-refractivity contribution is 5.91. The molecule has 62 heavy (non-hydrogen) atoms. The van der Waals surface area contributed by atoms with Crippen LogP contribution in [0.15, 0.2) is 60.7 Å². The summed E-state index contributed by atoms with van der Waals surface area (Å²) in [5.41, 5.74) is 0.836. The Kier molecular flexibility index (Phi) is 19.4. The minimum absolute atomic E-state index is 0.0830. The smallest absolute Gasteiger partial charge is 0.309 e. The molecule has 0 bridgehead atoms. The average molecular weight is 861 g/mol. The monoisotopic (exact) mass is 861 g/mol. The van der Waals surface area contributed by atoms with Gasteiger partial charge in [0, 0.05) is 43.2 Å². The number of carbonyl (C=O) groups is 5. The van der Waals surface area contributed by atoms with Gasteiger partial charge in [0.1, 0.15) is 17.0 Å². The predicted molar refractivity (Wildman–Crippen MR) is 245 cm³/mol. The maximum Gasteiger partial charge on any atom is 0.309 e. The second kappa shape index (κ2) is 23.0. The molecule has 0 aromatic heterocycles. The van der Waals surface area contributed by atoms with Crippen molar-refractivity contribution in [2.45, 2.75) is 153 Å². The lowest BCUT2D eigenvalue weighted by Gasteiger charge is -2.34. The molecule has 346 valence electrons. The number of rotatable bonds is 16. The summed E-state index contributed by atoms with van der Waals surface area (Å²) in [6, 6.07) is 19.5. The van der Waals surface area contributed by atoms with Crippen molar-refractivity contribution in [3.63, 3.8) is 0 Å². The van der Waals surface area contributed by atoms with Gasteiger partial charge in [0.15, 0.2) is 0 Å². The molecule has 10 heteroatoms. The van der Waals surface area contributed by atoms with Crippen molar-refractivity contribution >= 4 is 29.5 Å². The Labute approximate surface area is 373 Å². The number of ether oxygens (including phenoxy) is 2. The number of hydrogen-bond donors (Lipinski definition) is 3. The fraction of sp³-hybridized carbons (Fsp3) is 0.673. The molecule has 0 saturated heterocycles. The maximum atomic E-state index is 13.3. The number of amides is 2. The van der Waals surface area contributed by atoms with Crippen LogP contribution in [0, 0.1) is 71.0 Å². The molecule has 6 unspecified atom stereocenters. The summed E-state index contributed by atoms with van der Waals surface area (Å²) in [6.07, 6.45) is 1.16. The highest BCUT2D eigenvalue weighted by atomic mass is 16.6. The Bertz CT molecular complexity index is 1740. The SMILES string of the molecule is CC(C)CC(=O)C1C(C(=O)NCc2ccccc2)CC(C(=O)OC(C)(C)C)[C@@H]1C(C)C.CC(C)C[C@@H](O)C1C(C(=O)NCc2ccccc2)CC(C(=O)OC(C)(C)C)[C@@H]1C(C)C. The molecule has 2 amide bonds. The Morgan fingerprint density at radius 2 is 0.984 bits per heavy atom. The first-order valence-corrected chi connectivity index (χ1v) is 23.1. The van der Waals surface area contributed by atoms with Crippen LogP contribution in [0.5, 0.6) is 0 Å². The number of Topliss-reactive ketones (excluding diaryl/α,β-unsaturated/α-hetero) is 1. The minimum atomic E-state index is -0.632. The van der Waals surface area contributed by atoms with Crippen molar-refractivity contribution in [3.8, 4) is 0 Å². The molecule has 2 fully saturated rings. The zero-order valence-electron chi connectivity index (χ0n) is 40.3. The molecule has 2 aliphatic rings. The maximum absolute atomic E-state index is 13.3. The lowest BCUT2D eigenvalue weighted by Crippen LogP contribution is -2.41. The Hall–Kier alpha value is -4.05. The first-order valence-electron chi connectivity index (χ1n) is 23.1. The second-order valence-electron chi connectivity index (χ2n) is 21.4. The van der Waals surface area contributed by atoms with Crippen molar-refractivity contribution in [1.29, 1.82) is 0 Å². The van der Waals surface area contributed by atoms with Crippen molar-refractivity contribution in [2.75, 3.05) is 0 Å². The molecule has 2 aromatic rings. The van der Waals surface area contributed by atoms with Crippen LogP contribution in [-0.2, 0) is 46.5 Å². The van der Waals surface area contributed by atoms with Gasteiger partial charge in [-0.25, -0.2) is 0 Å². The average Bonchev–Trinajstić information content (AvgIpc) is 3.77. The van der Waals surface area contributed by atoms with Crippen LogP contribution >= 0.6 is 0 Å². The van der Waals surface area contributed by atoms with E-state index in [1.807, 2.05) is 130 Å². The van der Waals surface area contributed by atoms with E-state index in [1.165, 1.54) is 0 Å². The van der Waals surface area contributed by atoms with Gasteiger partial charge in [0.25, 0.3) is 0 Å². The molecule has 9 atom stereocenters. The fourth-order valence-electron chi connectivity index (χ4n) is 9.80. The van der Waals surface area contributed by atoms with Gasteiger partial charge in [-0.05, 0) is 107 Å². The summed E-state index contributed by atoms with van der Waals surface area (Å²) in [5, 5.41) is 17.2. The van der Waals surface area contributed by atoms with Crippen LogP contribution in [0.2, 0.25) is 0 Å². The third-order valence-electron chi connectivity index (χ3n) is 12.1. The summed E-state index contributed by atoms with van der Waals surface area (Å²) >= 11 is 0. The normalized spacial score (nSPS) is 24.4. The van der Waals surface area contributed by atoms with Gasteiger partial charge in [-0.2, -0.15) is 0 Å². The molecule has 0 radical (unpaired) electrons. The van der Waals surface area contributed by atoms with Gasteiger partial charge in [0.2, 0.25) is 11.8 Å². The van der Waals surface area contributed by atoms with E-state index >= 15 is 0 Å². The summed E-state index contributed by atoms with van der Waals surface area (Å²) in [4.78, 5) is 65.9. The summed E-state index contributed by atoms with van der Waals surface area (Å²) in [7, 11) is 0. The number of carbonyl (C=O) groups excluding carboxylic acids is 5. The Morgan fingerprint density at radius 1 is 0.581 bits per heavy atom. The molecule has 10 nitrogen and oxygen atoms in total. The molecule has 3 N–H and O–H groups in total. The van der Waals surface area contributed by atoms with Gasteiger partial charge in [0.05, 0.1) is 17.9 Å². The van der Waals surface area contributed by atoms with Crippen molar-refractivity contribution < 1.29 is 38.6 Å². The van der Waals surface area contributed by atoms with E-state index in [1.54, 1.807) is 0 Å². The lowest BCUT2D eigenvalue weighted by atomic mass is 9.74. The topological polar surface area (TPSA) is 148 Å². The van der Waals surface area contributed by atoms with Gasteiger partial charge >= 0.3 is 11.9 Å². The molecule has 0 spiro atoms. The Balaban J connectivity index is 0.000000330. The highest BCUT2D eigenvalue weighted by Gasteiger charge is 2.55. The molecular weight excluding hydrogens is 781 g/mol. The highest BCUT2D eigenvalue weighted by Crippen LogP contribution is 2.50. The quantitative estimate of drug-likeness (QED) is 0.142. The van der Waals surface area contributed by atoms with Gasteiger partial charge in [-0.3, -0.25) is 24.0 Å². The van der Waals surface area contributed by atoms with Gasteiger partial charge < -0.3 is 25.2 Å². The largest absolute Gasteiger partial charge is 0.460 e. The van der Waals surface area contributed by atoms with Crippen LogP contribution in [0.25, 0.3) is 0 Å². The number of aliphatic hydroxyl groups excluding tert-OH is 1. The van der Waals surface area contributed by atoms with Gasteiger partial charge in [-0.15, -0.1) is 0 Å². The van der Waals surface area contributed by atoms with Crippen LogP contribution in [0.1, 0.15) is 134 Å². The van der Waals surface area contributed by atoms with E-state index in [2.05, 4.69) is 38.3 Å². The first kappa shape index (κ1) is 52.3. The van der Waals surface area contributed by atoms with Crippen LogP contribution in [0.4, 0.5) is 0 Å². The third-order valence-corrected chi connectivity index (χ3v) is 12.1. The first-order chi connectivity index (χ1) is 28.8. The van der Waals surface area contributed by atoms with Crippen LogP contribution < -0.4 is 10.6 Å². The zero-order chi connectivity index (χ0) is 46.7. The minimum Gasteiger partial charge on any atom is -0.460 e. The van der Waals surface area contributed by atoms with Crippen LogP contribution in [-0.4, -0.2) is 51.9 Å². The van der Waals surface area contributed by atoms with E-state index in [-0.39, 0.29) is 65.0 Å². The number of esters is 2. The molecular formula is C52H80N2O8. The zero-order valence-corrected chi connectivity index (χ0v) is 40.3. The third kappa shape index (κ3) is 15.6.